The Balaban J connectivity index is 1.79. The second-order valence-electron chi connectivity index (χ2n) is 6.13. The Labute approximate surface area is 142 Å². The molecular weight excluding hydrogens is 296 g/mol. The number of carbonyl (C=O) groups excluding carboxylic acids is 1. The fraction of sp³-hybridized carbons (Fsp3) is 0.190. The van der Waals surface area contributed by atoms with Crippen molar-refractivity contribution in [2.45, 2.75) is 6.04 Å². The van der Waals surface area contributed by atoms with Gasteiger partial charge in [-0.15, -0.1) is 0 Å². The number of nitrogens with zero attached hydrogens (tertiary/aromatic N) is 1. The number of hydrogen-bond donors (Lipinski definition) is 1. The Morgan fingerprint density at radius 1 is 0.917 bits per heavy atom. The Kier molecular flexibility index (Phi) is 4.92. The number of fused-ring (bicyclic) bond motifs is 1. The largest absolute Gasteiger partial charge is 0.350 e. The van der Waals surface area contributed by atoms with Gasteiger partial charge in [-0.25, -0.2) is 0 Å². The van der Waals surface area contributed by atoms with E-state index in [-0.39, 0.29) is 11.9 Å². The van der Waals surface area contributed by atoms with E-state index in [2.05, 4.69) is 22.3 Å². The summed E-state index contributed by atoms with van der Waals surface area (Å²) in [6, 6.07) is 24.2. The van der Waals surface area contributed by atoms with Crippen molar-refractivity contribution in [2.75, 3.05) is 20.6 Å². The zero-order valence-electron chi connectivity index (χ0n) is 14.1. The van der Waals surface area contributed by atoms with Gasteiger partial charge in [0.2, 0.25) is 0 Å². The molecule has 24 heavy (non-hydrogen) atoms. The van der Waals surface area contributed by atoms with Crippen molar-refractivity contribution in [3.8, 4) is 0 Å². The Morgan fingerprint density at radius 2 is 1.58 bits per heavy atom. The maximum Gasteiger partial charge on any atom is 0.251 e. The molecule has 1 N–H and O–H groups in total. The molecule has 0 aliphatic rings. The third-order valence-electron chi connectivity index (χ3n) is 4.30. The van der Waals surface area contributed by atoms with E-state index >= 15 is 0 Å². The van der Waals surface area contributed by atoms with Gasteiger partial charge in [0, 0.05) is 12.1 Å². The average molecular weight is 318 g/mol. The topological polar surface area (TPSA) is 32.3 Å². The molecule has 3 rings (SSSR count). The Bertz CT molecular complexity index is 822. The number of benzene rings is 3. The van der Waals surface area contributed by atoms with Crippen molar-refractivity contribution >= 4 is 16.7 Å². The fourth-order valence-corrected chi connectivity index (χ4v) is 2.98. The van der Waals surface area contributed by atoms with Gasteiger partial charge >= 0.3 is 0 Å². The SMILES string of the molecule is CN(C)[C@@H](CNC(=O)c1cccc2ccccc12)c1ccccc1. The van der Waals surface area contributed by atoms with Gasteiger partial charge in [0.1, 0.15) is 0 Å². The van der Waals surface area contributed by atoms with Crippen molar-refractivity contribution in [2.24, 2.45) is 0 Å². The molecule has 0 radical (unpaired) electrons. The molecule has 0 spiro atoms. The van der Waals surface area contributed by atoms with Gasteiger partial charge in [-0.05, 0) is 36.5 Å². The molecule has 0 aliphatic carbocycles. The van der Waals surface area contributed by atoms with Crippen molar-refractivity contribution in [3.63, 3.8) is 0 Å². The van der Waals surface area contributed by atoms with Gasteiger partial charge in [-0.1, -0.05) is 66.7 Å². The Hall–Kier alpha value is -2.65. The van der Waals surface area contributed by atoms with Crippen LogP contribution in [0.5, 0.6) is 0 Å². The first-order chi connectivity index (χ1) is 11.7. The van der Waals surface area contributed by atoms with E-state index in [4.69, 9.17) is 0 Å². The van der Waals surface area contributed by atoms with Crippen LogP contribution in [0, 0.1) is 0 Å². The van der Waals surface area contributed by atoms with Crippen LogP contribution in [-0.2, 0) is 0 Å². The van der Waals surface area contributed by atoms with E-state index in [0.717, 1.165) is 16.3 Å². The third-order valence-corrected chi connectivity index (χ3v) is 4.30. The molecule has 0 saturated carbocycles. The summed E-state index contributed by atoms with van der Waals surface area (Å²) in [5, 5.41) is 5.16. The highest BCUT2D eigenvalue weighted by Gasteiger charge is 2.16. The lowest BCUT2D eigenvalue weighted by molar-refractivity contribution is 0.0943. The molecule has 0 unspecified atom stereocenters. The van der Waals surface area contributed by atoms with Crippen LogP contribution < -0.4 is 5.32 Å². The standard InChI is InChI=1S/C21H22N2O/c1-23(2)20(17-10-4-3-5-11-17)15-22-21(24)19-14-8-12-16-9-6-7-13-18(16)19/h3-14,20H,15H2,1-2H3,(H,22,24)/t20-/m0/s1. The van der Waals surface area contributed by atoms with Gasteiger partial charge in [0.05, 0.1) is 6.04 Å². The molecule has 122 valence electrons. The maximum atomic E-state index is 12.7. The molecule has 0 heterocycles. The van der Waals surface area contributed by atoms with Crippen LogP contribution in [0.4, 0.5) is 0 Å². The summed E-state index contributed by atoms with van der Waals surface area (Å²) in [5.74, 6) is -0.0328. The average Bonchev–Trinajstić information content (AvgIpc) is 2.62. The molecule has 3 heteroatoms. The first-order valence-corrected chi connectivity index (χ1v) is 8.14. The molecule has 0 bridgehead atoms. The van der Waals surface area contributed by atoms with Crippen LogP contribution in [0.3, 0.4) is 0 Å². The van der Waals surface area contributed by atoms with Crippen molar-refractivity contribution in [1.82, 2.24) is 10.2 Å². The third kappa shape index (κ3) is 3.47. The van der Waals surface area contributed by atoms with E-state index in [1.807, 2.05) is 74.8 Å². The fourth-order valence-electron chi connectivity index (χ4n) is 2.98. The van der Waals surface area contributed by atoms with Crippen LogP contribution >= 0.6 is 0 Å². The predicted molar refractivity (Wildman–Crippen MR) is 99.2 cm³/mol. The van der Waals surface area contributed by atoms with Gasteiger partial charge in [-0.2, -0.15) is 0 Å². The molecule has 0 saturated heterocycles. The minimum Gasteiger partial charge on any atom is -0.350 e. The maximum absolute atomic E-state index is 12.7. The highest BCUT2D eigenvalue weighted by molar-refractivity contribution is 6.07. The van der Waals surface area contributed by atoms with Crippen LogP contribution in [-0.4, -0.2) is 31.4 Å². The van der Waals surface area contributed by atoms with Crippen LogP contribution in [0.15, 0.2) is 72.8 Å². The normalized spacial score (nSPS) is 12.3. The van der Waals surface area contributed by atoms with E-state index < -0.39 is 0 Å². The molecule has 3 nitrogen and oxygen atoms in total. The number of likely N-dealkylation sites (N-methyl/N-ethyl adjacent to an activating group) is 1. The summed E-state index contributed by atoms with van der Waals surface area (Å²) < 4.78 is 0. The first-order valence-electron chi connectivity index (χ1n) is 8.14. The zero-order chi connectivity index (χ0) is 16.9. The molecule has 3 aromatic carbocycles. The lowest BCUT2D eigenvalue weighted by Gasteiger charge is -2.25. The van der Waals surface area contributed by atoms with E-state index in [1.165, 1.54) is 5.56 Å². The highest BCUT2D eigenvalue weighted by Crippen LogP contribution is 2.20. The van der Waals surface area contributed by atoms with Gasteiger partial charge in [-0.3, -0.25) is 4.79 Å². The molecule has 1 atom stereocenters. The summed E-state index contributed by atoms with van der Waals surface area (Å²) in [5.41, 5.74) is 1.92. The number of nitrogens with one attached hydrogen (secondary N) is 1. The zero-order valence-corrected chi connectivity index (χ0v) is 14.1. The molecule has 0 aromatic heterocycles. The van der Waals surface area contributed by atoms with Crippen molar-refractivity contribution in [1.29, 1.82) is 0 Å². The number of amides is 1. The van der Waals surface area contributed by atoms with Crippen LogP contribution in [0.1, 0.15) is 22.0 Å². The summed E-state index contributed by atoms with van der Waals surface area (Å²) in [4.78, 5) is 14.8. The van der Waals surface area contributed by atoms with E-state index in [0.29, 0.717) is 6.54 Å². The molecule has 0 aliphatic heterocycles. The summed E-state index contributed by atoms with van der Waals surface area (Å²) in [6.07, 6.45) is 0. The van der Waals surface area contributed by atoms with Crippen molar-refractivity contribution in [3.05, 3.63) is 83.9 Å². The number of rotatable bonds is 5. The van der Waals surface area contributed by atoms with Crippen LogP contribution in [0.2, 0.25) is 0 Å². The molecule has 0 fully saturated rings. The summed E-state index contributed by atoms with van der Waals surface area (Å²) >= 11 is 0. The van der Waals surface area contributed by atoms with E-state index in [9.17, 15) is 4.79 Å². The molecule has 1 amide bonds. The molecular formula is C21H22N2O. The van der Waals surface area contributed by atoms with Gasteiger partial charge in [0.25, 0.3) is 5.91 Å². The number of carbonyl (C=O) groups is 1. The minimum atomic E-state index is -0.0328. The summed E-state index contributed by atoms with van der Waals surface area (Å²) in [7, 11) is 4.06. The highest BCUT2D eigenvalue weighted by atomic mass is 16.1. The van der Waals surface area contributed by atoms with Crippen LogP contribution in [0.25, 0.3) is 10.8 Å². The second kappa shape index (κ2) is 7.28. The monoisotopic (exact) mass is 318 g/mol. The van der Waals surface area contributed by atoms with Crippen molar-refractivity contribution < 1.29 is 4.79 Å². The first kappa shape index (κ1) is 16.2. The molecule has 3 aromatic rings. The Morgan fingerprint density at radius 3 is 2.33 bits per heavy atom. The smallest absolute Gasteiger partial charge is 0.251 e. The summed E-state index contributed by atoms with van der Waals surface area (Å²) in [6.45, 7) is 0.569. The minimum absolute atomic E-state index is 0.0328. The lowest BCUT2D eigenvalue weighted by Crippen LogP contribution is -2.34. The second-order valence-corrected chi connectivity index (χ2v) is 6.13. The van der Waals surface area contributed by atoms with Gasteiger partial charge in [0.15, 0.2) is 0 Å². The lowest BCUT2D eigenvalue weighted by atomic mass is 10.0. The quantitative estimate of drug-likeness (QED) is 0.774. The number of hydrogen-bond acceptors (Lipinski definition) is 2. The predicted octanol–water partition coefficient (Wildman–Crippen LogP) is 3.87. The van der Waals surface area contributed by atoms with Gasteiger partial charge < -0.3 is 10.2 Å². The van der Waals surface area contributed by atoms with E-state index in [1.54, 1.807) is 0 Å².